The highest BCUT2D eigenvalue weighted by molar-refractivity contribution is 5.93. The van der Waals surface area contributed by atoms with E-state index in [-0.39, 0.29) is 11.3 Å². The first kappa shape index (κ1) is 10.3. The van der Waals surface area contributed by atoms with Gasteiger partial charge in [0.2, 0.25) is 5.91 Å². The zero-order valence-corrected chi connectivity index (χ0v) is 8.98. The van der Waals surface area contributed by atoms with Crippen molar-refractivity contribution >= 4 is 5.91 Å². The van der Waals surface area contributed by atoms with Gasteiger partial charge >= 0.3 is 0 Å². The summed E-state index contributed by atoms with van der Waals surface area (Å²) in [5, 5.41) is 2.97. The van der Waals surface area contributed by atoms with Gasteiger partial charge in [-0.05, 0) is 25.2 Å². The van der Waals surface area contributed by atoms with Crippen LogP contribution in [-0.2, 0) is 4.79 Å². The fourth-order valence-corrected chi connectivity index (χ4v) is 1.24. The molecule has 0 atom stereocenters. The average Bonchev–Trinajstić information content (AvgIpc) is 2.67. The quantitative estimate of drug-likeness (QED) is 0.650. The summed E-state index contributed by atoms with van der Waals surface area (Å²) in [6.45, 7) is 8.17. The number of nitrogens with one attached hydrogen (secondary N) is 1. The molecule has 1 saturated carbocycles. The van der Waals surface area contributed by atoms with E-state index in [1.54, 1.807) is 0 Å². The molecule has 0 heterocycles. The average molecular weight is 181 g/mol. The Hall–Kier alpha value is -0.790. The van der Waals surface area contributed by atoms with Gasteiger partial charge in [0.05, 0.1) is 0 Å². The third kappa shape index (κ3) is 4.11. The zero-order chi connectivity index (χ0) is 10.1. The molecule has 0 spiro atoms. The standard InChI is InChI=1S/C11H19NO/c1-8(7-11(2,3)4)10(13)12-9-5-6-9/h7,9H,5-6H2,1-4H3,(H,12,13)/b8-7+. The van der Waals surface area contributed by atoms with E-state index < -0.39 is 0 Å². The number of carbonyl (C=O) groups excluding carboxylic acids is 1. The molecule has 2 nitrogen and oxygen atoms in total. The van der Waals surface area contributed by atoms with Crippen molar-refractivity contribution in [2.24, 2.45) is 5.41 Å². The van der Waals surface area contributed by atoms with E-state index in [0.717, 1.165) is 18.4 Å². The second-order valence-electron chi connectivity index (χ2n) is 4.94. The molecule has 0 aromatic carbocycles. The van der Waals surface area contributed by atoms with Gasteiger partial charge in [0.15, 0.2) is 0 Å². The highest BCUT2D eigenvalue weighted by Crippen LogP contribution is 2.21. The highest BCUT2D eigenvalue weighted by atomic mass is 16.1. The minimum Gasteiger partial charge on any atom is -0.350 e. The monoisotopic (exact) mass is 181 g/mol. The Kier molecular flexibility index (Phi) is 2.79. The van der Waals surface area contributed by atoms with Crippen molar-refractivity contribution in [1.82, 2.24) is 5.32 Å². The molecule has 1 N–H and O–H groups in total. The summed E-state index contributed by atoms with van der Waals surface area (Å²) in [4.78, 5) is 11.5. The van der Waals surface area contributed by atoms with E-state index in [9.17, 15) is 4.79 Å². The fourth-order valence-electron chi connectivity index (χ4n) is 1.24. The molecule has 1 aliphatic rings. The predicted octanol–water partition coefficient (Wildman–Crippen LogP) is 2.26. The molecule has 1 aliphatic carbocycles. The van der Waals surface area contributed by atoms with Crippen LogP contribution < -0.4 is 5.32 Å². The first-order valence-corrected chi connectivity index (χ1v) is 4.89. The van der Waals surface area contributed by atoms with Crippen molar-refractivity contribution in [3.63, 3.8) is 0 Å². The minimum atomic E-state index is 0.0883. The summed E-state index contributed by atoms with van der Waals surface area (Å²) in [7, 11) is 0. The zero-order valence-electron chi connectivity index (χ0n) is 8.98. The van der Waals surface area contributed by atoms with Crippen LogP contribution in [0.25, 0.3) is 0 Å². The summed E-state index contributed by atoms with van der Waals surface area (Å²) in [5.74, 6) is 0.0948. The lowest BCUT2D eigenvalue weighted by Gasteiger charge is -2.14. The predicted molar refractivity (Wildman–Crippen MR) is 54.4 cm³/mol. The minimum absolute atomic E-state index is 0.0883. The maximum atomic E-state index is 11.5. The summed E-state index contributed by atoms with van der Waals surface area (Å²) in [6.07, 6.45) is 4.31. The van der Waals surface area contributed by atoms with Gasteiger partial charge in [-0.2, -0.15) is 0 Å². The summed E-state index contributed by atoms with van der Waals surface area (Å²) in [6, 6.07) is 0.454. The summed E-state index contributed by atoms with van der Waals surface area (Å²) in [5.41, 5.74) is 0.921. The lowest BCUT2D eigenvalue weighted by molar-refractivity contribution is -0.117. The van der Waals surface area contributed by atoms with Crippen LogP contribution in [0.15, 0.2) is 11.6 Å². The van der Waals surface area contributed by atoms with Crippen LogP contribution in [0.3, 0.4) is 0 Å². The van der Waals surface area contributed by atoms with Crippen LogP contribution in [0, 0.1) is 5.41 Å². The number of rotatable bonds is 2. The topological polar surface area (TPSA) is 29.1 Å². The lowest BCUT2D eigenvalue weighted by Crippen LogP contribution is -2.26. The van der Waals surface area contributed by atoms with Crippen molar-refractivity contribution in [3.8, 4) is 0 Å². The molecule has 0 bridgehead atoms. The van der Waals surface area contributed by atoms with E-state index in [4.69, 9.17) is 0 Å². The second kappa shape index (κ2) is 3.52. The number of carbonyl (C=O) groups is 1. The van der Waals surface area contributed by atoms with E-state index in [1.165, 1.54) is 0 Å². The first-order chi connectivity index (χ1) is 5.88. The molecule has 74 valence electrons. The van der Waals surface area contributed by atoms with E-state index in [0.29, 0.717) is 6.04 Å². The first-order valence-electron chi connectivity index (χ1n) is 4.89. The summed E-state index contributed by atoms with van der Waals surface area (Å²) >= 11 is 0. The van der Waals surface area contributed by atoms with E-state index >= 15 is 0 Å². The van der Waals surface area contributed by atoms with Crippen LogP contribution in [0.4, 0.5) is 0 Å². The van der Waals surface area contributed by atoms with Crippen LogP contribution in [0.2, 0.25) is 0 Å². The van der Waals surface area contributed by atoms with Gasteiger partial charge in [-0.1, -0.05) is 26.8 Å². The maximum Gasteiger partial charge on any atom is 0.246 e. The molecule has 0 aliphatic heterocycles. The molecule has 0 aromatic rings. The van der Waals surface area contributed by atoms with E-state index in [1.807, 2.05) is 13.0 Å². The molecule has 1 rings (SSSR count). The van der Waals surface area contributed by atoms with Gasteiger partial charge < -0.3 is 5.32 Å². The number of hydrogen-bond acceptors (Lipinski definition) is 1. The Morgan fingerprint density at radius 2 is 1.92 bits per heavy atom. The van der Waals surface area contributed by atoms with Crippen molar-refractivity contribution in [1.29, 1.82) is 0 Å². The molecule has 0 radical (unpaired) electrons. The van der Waals surface area contributed by atoms with Crippen molar-refractivity contribution in [3.05, 3.63) is 11.6 Å². The molecule has 0 saturated heterocycles. The SMILES string of the molecule is C/C(=C\C(C)(C)C)C(=O)NC1CC1. The molecule has 1 amide bonds. The number of allylic oxidation sites excluding steroid dienone is 1. The Morgan fingerprint density at radius 3 is 2.31 bits per heavy atom. The smallest absolute Gasteiger partial charge is 0.246 e. The molecule has 1 fully saturated rings. The molecular weight excluding hydrogens is 162 g/mol. The van der Waals surface area contributed by atoms with Gasteiger partial charge in [-0.25, -0.2) is 0 Å². The van der Waals surface area contributed by atoms with Gasteiger partial charge in [0.1, 0.15) is 0 Å². The third-order valence-electron chi connectivity index (χ3n) is 1.92. The van der Waals surface area contributed by atoms with Gasteiger partial charge in [-0.3, -0.25) is 4.79 Å². The third-order valence-corrected chi connectivity index (χ3v) is 1.92. The largest absolute Gasteiger partial charge is 0.350 e. The van der Waals surface area contributed by atoms with Crippen LogP contribution in [0.5, 0.6) is 0 Å². The van der Waals surface area contributed by atoms with Gasteiger partial charge in [0, 0.05) is 11.6 Å². The van der Waals surface area contributed by atoms with Crippen molar-refractivity contribution in [2.75, 3.05) is 0 Å². The highest BCUT2D eigenvalue weighted by Gasteiger charge is 2.23. The normalized spacial score (nSPS) is 18.6. The molecule has 0 aromatic heterocycles. The van der Waals surface area contributed by atoms with Crippen LogP contribution in [0.1, 0.15) is 40.5 Å². The van der Waals surface area contributed by atoms with Crippen LogP contribution >= 0.6 is 0 Å². The molecular formula is C11H19NO. The van der Waals surface area contributed by atoms with Gasteiger partial charge in [-0.15, -0.1) is 0 Å². The molecule has 2 heteroatoms. The maximum absolute atomic E-state index is 11.5. The fraction of sp³-hybridized carbons (Fsp3) is 0.727. The van der Waals surface area contributed by atoms with Gasteiger partial charge in [0.25, 0.3) is 0 Å². The van der Waals surface area contributed by atoms with Crippen molar-refractivity contribution in [2.45, 2.75) is 46.6 Å². The Balaban J connectivity index is 2.49. The van der Waals surface area contributed by atoms with E-state index in [2.05, 4.69) is 26.1 Å². The van der Waals surface area contributed by atoms with Crippen molar-refractivity contribution < 1.29 is 4.79 Å². The summed E-state index contributed by atoms with van der Waals surface area (Å²) < 4.78 is 0. The molecule has 0 unspecified atom stereocenters. The number of hydrogen-bond donors (Lipinski definition) is 1. The molecule has 13 heavy (non-hydrogen) atoms. The Bertz CT molecular complexity index is 231. The van der Waals surface area contributed by atoms with Crippen LogP contribution in [-0.4, -0.2) is 11.9 Å². The lowest BCUT2D eigenvalue weighted by atomic mass is 9.94. The second-order valence-corrected chi connectivity index (χ2v) is 4.94. The number of amides is 1. The Morgan fingerprint density at radius 1 is 1.38 bits per heavy atom. The Labute approximate surface area is 80.4 Å².